The Morgan fingerprint density at radius 1 is 1.36 bits per heavy atom. The lowest BCUT2D eigenvalue weighted by Gasteiger charge is -2.34. The molecule has 1 fully saturated rings. The number of hydrogen-bond donors (Lipinski definition) is 1. The molecular formula is C15H19NO8S. The minimum Gasteiger partial charge on any atom is -0.491 e. The minimum atomic E-state index is -4.37. The van der Waals surface area contributed by atoms with E-state index < -0.39 is 28.1 Å². The van der Waals surface area contributed by atoms with Crippen LogP contribution in [-0.4, -0.2) is 61.4 Å². The second-order valence-corrected chi connectivity index (χ2v) is 7.51. The zero-order valence-corrected chi connectivity index (χ0v) is 14.6. The highest BCUT2D eigenvalue weighted by Crippen LogP contribution is 2.36. The van der Waals surface area contributed by atoms with Crippen LogP contribution in [0.15, 0.2) is 18.2 Å². The summed E-state index contributed by atoms with van der Waals surface area (Å²) in [5.74, 6) is -1.14. The molecule has 1 aromatic carbocycles. The summed E-state index contributed by atoms with van der Waals surface area (Å²) in [5.41, 5.74) is 0.136. The van der Waals surface area contributed by atoms with Crippen molar-refractivity contribution in [1.29, 1.82) is 0 Å². The lowest BCUT2D eigenvalue weighted by Crippen LogP contribution is -2.51. The molecule has 0 radical (unpaired) electrons. The number of esters is 1. The lowest BCUT2D eigenvalue weighted by atomic mass is 10.1. The average Bonchev–Trinajstić information content (AvgIpc) is 2.50. The van der Waals surface area contributed by atoms with E-state index in [1.165, 1.54) is 0 Å². The van der Waals surface area contributed by atoms with Crippen LogP contribution >= 0.6 is 0 Å². The Balaban J connectivity index is 1.79. The van der Waals surface area contributed by atoms with Gasteiger partial charge in [-0.05, 0) is 12.1 Å². The predicted molar refractivity (Wildman–Crippen MR) is 84.9 cm³/mol. The molecule has 0 saturated carbocycles. The normalized spacial score (nSPS) is 23.3. The summed E-state index contributed by atoms with van der Waals surface area (Å²) < 4.78 is 54.8. The van der Waals surface area contributed by atoms with Crippen molar-refractivity contribution in [3.63, 3.8) is 0 Å². The summed E-state index contributed by atoms with van der Waals surface area (Å²) in [5, 5.41) is 0. The van der Waals surface area contributed by atoms with Crippen molar-refractivity contribution in [2.24, 2.45) is 0 Å². The fourth-order valence-electron chi connectivity index (χ4n) is 2.74. The SMILES string of the molecule is CC1(C)OC(=O)c2c(OCC3COCCN3S(=O)(=O)O)cccc2O1. The second-order valence-electron chi connectivity index (χ2n) is 6.15. The highest BCUT2D eigenvalue weighted by atomic mass is 32.2. The van der Waals surface area contributed by atoms with Gasteiger partial charge in [0.2, 0.25) is 5.79 Å². The fourth-order valence-corrected chi connectivity index (χ4v) is 3.54. The zero-order valence-electron chi connectivity index (χ0n) is 13.8. The number of ether oxygens (including phenoxy) is 4. The van der Waals surface area contributed by atoms with Crippen molar-refractivity contribution >= 4 is 16.3 Å². The Morgan fingerprint density at radius 3 is 2.84 bits per heavy atom. The standard InChI is InChI=1S/C15H19NO8S/c1-15(2)23-12-5-3-4-11(13(12)14(17)24-15)22-9-10-8-21-7-6-16(10)25(18,19)20/h3-5,10H,6-9H2,1-2H3,(H,18,19,20). The first-order valence-electron chi connectivity index (χ1n) is 7.67. The Kier molecular flexibility index (Phi) is 4.62. The van der Waals surface area contributed by atoms with Gasteiger partial charge in [-0.1, -0.05) is 6.07 Å². The Morgan fingerprint density at radius 2 is 2.12 bits per heavy atom. The minimum absolute atomic E-state index is 0.0269. The number of nitrogens with zero attached hydrogens (tertiary/aromatic N) is 1. The van der Waals surface area contributed by atoms with Crippen molar-refractivity contribution in [2.75, 3.05) is 26.4 Å². The van der Waals surface area contributed by atoms with E-state index in [2.05, 4.69) is 0 Å². The summed E-state index contributed by atoms with van der Waals surface area (Å²) in [6.07, 6.45) is 0. The first kappa shape index (κ1) is 17.9. The number of carbonyl (C=O) groups excluding carboxylic acids is 1. The van der Waals surface area contributed by atoms with Gasteiger partial charge in [0.15, 0.2) is 0 Å². The largest absolute Gasteiger partial charge is 0.491 e. The van der Waals surface area contributed by atoms with E-state index >= 15 is 0 Å². The van der Waals surface area contributed by atoms with Crippen molar-refractivity contribution in [3.05, 3.63) is 23.8 Å². The zero-order chi connectivity index (χ0) is 18.2. The van der Waals surface area contributed by atoms with Crippen LogP contribution < -0.4 is 9.47 Å². The second kappa shape index (κ2) is 6.45. The van der Waals surface area contributed by atoms with Gasteiger partial charge in [-0.25, -0.2) is 4.79 Å². The van der Waals surface area contributed by atoms with Crippen LogP contribution in [-0.2, 0) is 19.8 Å². The molecule has 0 aliphatic carbocycles. The third-order valence-corrected chi connectivity index (χ3v) is 4.86. The van der Waals surface area contributed by atoms with Crippen LogP contribution in [0.5, 0.6) is 11.5 Å². The molecule has 0 amide bonds. The first-order chi connectivity index (χ1) is 11.7. The van der Waals surface area contributed by atoms with E-state index in [9.17, 15) is 17.8 Å². The van der Waals surface area contributed by atoms with Gasteiger partial charge in [-0.15, -0.1) is 0 Å². The van der Waals surface area contributed by atoms with Gasteiger partial charge >= 0.3 is 16.3 Å². The molecule has 2 aliphatic heterocycles. The van der Waals surface area contributed by atoms with E-state index in [4.69, 9.17) is 18.9 Å². The summed E-state index contributed by atoms with van der Waals surface area (Å²) in [6, 6.07) is 4.12. The van der Waals surface area contributed by atoms with Crippen molar-refractivity contribution in [3.8, 4) is 11.5 Å². The monoisotopic (exact) mass is 373 g/mol. The molecule has 0 aromatic heterocycles. The molecule has 0 bridgehead atoms. The maximum atomic E-state index is 12.2. The number of cyclic esters (lactones) is 1. The van der Waals surface area contributed by atoms with Gasteiger partial charge < -0.3 is 18.9 Å². The van der Waals surface area contributed by atoms with Crippen molar-refractivity contribution in [1.82, 2.24) is 4.31 Å². The van der Waals surface area contributed by atoms with Crippen molar-refractivity contribution in [2.45, 2.75) is 25.7 Å². The van der Waals surface area contributed by atoms with E-state index in [0.717, 1.165) is 4.31 Å². The van der Waals surface area contributed by atoms with Gasteiger partial charge in [-0.2, -0.15) is 12.7 Å². The lowest BCUT2D eigenvalue weighted by molar-refractivity contribution is -0.127. The van der Waals surface area contributed by atoms with Crippen LogP contribution in [0, 0.1) is 0 Å². The number of carbonyl (C=O) groups is 1. The van der Waals surface area contributed by atoms with Crippen LogP contribution in [0.25, 0.3) is 0 Å². The first-order valence-corrected chi connectivity index (χ1v) is 9.07. The summed E-state index contributed by atoms with van der Waals surface area (Å²) in [7, 11) is -4.37. The smallest absolute Gasteiger partial charge is 0.349 e. The van der Waals surface area contributed by atoms with Gasteiger partial charge in [0, 0.05) is 20.4 Å². The Hall–Kier alpha value is -1.88. The van der Waals surface area contributed by atoms with Crippen molar-refractivity contribution < 1.29 is 36.7 Å². The quantitative estimate of drug-likeness (QED) is 0.611. The number of rotatable bonds is 4. The van der Waals surface area contributed by atoms with Gasteiger partial charge in [0.1, 0.15) is 23.7 Å². The molecule has 2 heterocycles. The van der Waals surface area contributed by atoms with Gasteiger partial charge in [0.05, 0.1) is 19.3 Å². The molecule has 1 unspecified atom stereocenters. The molecule has 1 atom stereocenters. The molecule has 9 nitrogen and oxygen atoms in total. The number of fused-ring (bicyclic) bond motifs is 1. The Bertz CT molecular complexity index is 776. The van der Waals surface area contributed by atoms with Crippen LogP contribution in [0.3, 0.4) is 0 Å². The fraction of sp³-hybridized carbons (Fsp3) is 0.533. The average molecular weight is 373 g/mol. The Labute approximate surface area is 145 Å². The summed E-state index contributed by atoms with van der Waals surface area (Å²) >= 11 is 0. The molecule has 1 N–H and O–H groups in total. The summed E-state index contributed by atoms with van der Waals surface area (Å²) in [4.78, 5) is 12.2. The highest BCUT2D eigenvalue weighted by molar-refractivity contribution is 7.83. The van der Waals surface area contributed by atoms with Gasteiger partial charge in [-0.3, -0.25) is 4.55 Å². The molecule has 138 valence electrons. The number of morpholine rings is 1. The van der Waals surface area contributed by atoms with Gasteiger partial charge in [0.25, 0.3) is 0 Å². The van der Waals surface area contributed by atoms with E-state index in [-0.39, 0.29) is 37.7 Å². The number of hydrogen-bond acceptors (Lipinski definition) is 7. The molecule has 10 heteroatoms. The van der Waals surface area contributed by atoms with Crippen LogP contribution in [0.2, 0.25) is 0 Å². The molecule has 1 aromatic rings. The molecule has 0 spiro atoms. The van der Waals surface area contributed by atoms with Crippen LogP contribution in [0.4, 0.5) is 0 Å². The maximum Gasteiger partial charge on any atom is 0.349 e. The summed E-state index contributed by atoms with van der Waals surface area (Å²) in [6.45, 7) is 3.41. The molecular weight excluding hydrogens is 354 g/mol. The maximum absolute atomic E-state index is 12.2. The topological polar surface area (TPSA) is 112 Å². The number of benzene rings is 1. The molecule has 3 rings (SSSR count). The molecule has 25 heavy (non-hydrogen) atoms. The van der Waals surface area contributed by atoms with E-state index in [0.29, 0.717) is 5.75 Å². The van der Waals surface area contributed by atoms with Crippen LogP contribution in [0.1, 0.15) is 24.2 Å². The molecule has 1 saturated heterocycles. The third-order valence-electron chi connectivity index (χ3n) is 3.79. The molecule has 2 aliphatic rings. The predicted octanol–water partition coefficient (Wildman–Crippen LogP) is 0.854. The van der Waals surface area contributed by atoms with E-state index in [1.54, 1.807) is 32.0 Å². The van der Waals surface area contributed by atoms with E-state index in [1.807, 2.05) is 0 Å². The highest BCUT2D eigenvalue weighted by Gasteiger charge is 2.37. The third kappa shape index (κ3) is 3.87.